The molecule has 1 aromatic heterocycles. The third kappa shape index (κ3) is 1.28. The Hall–Kier alpha value is -1.89. The summed E-state index contributed by atoms with van der Waals surface area (Å²) in [7, 11) is 0. The first-order chi connectivity index (χ1) is 7.90. The Kier molecular flexibility index (Phi) is 2.10. The standard InChI is InChI=1S/C15H13N/c1-2-11-10-12-6-3-4-7-14(12)15-13(11)8-5-9-16-15/h3-10H,2H2,1H3. The fourth-order valence-electron chi connectivity index (χ4n) is 2.28. The van der Waals surface area contributed by atoms with Gasteiger partial charge in [0, 0.05) is 17.0 Å². The molecule has 3 aromatic rings. The minimum Gasteiger partial charge on any atom is -0.256 e. The van der Waals surface area contributed by atoms with E-state index >= 15 is 0 Å². The van der Waals surface area contributed by atoms with Crippen molar-refractivity contribution in [3.8, 4) is 0 Å². The normalized spacial score (nSPS) is 11.1. The molecule has 0 aliphatic heterocycles. The highest BCUT2D eigenvalue weighted by atomic mass is 14.6. The molecule has 0 aliphatic rings. The number of benzene rings is 2. The third-order valence-electron chi connectivity index (χ3n) is 3.08. The zero-order valence-corrected chi connectivity index (χ0v) is 9.27. The first kappa shape index (κ1) is 9.34. The van der Waals surface area contributed by atoms with Crippen LogP contribution in [-0.2, 0) is 6.42 Å². The van der Waals surface area contributed by atoms with Crippen LogP contribution in [0.3, 0.4) is 0 Å². The Morgan fingerprint density at radius 2 is 1.81 bits per heavy atom. The number of aromatic nitrogens is 1. The monoisotopic (exact) mass is 207 g/mol. The first-order valence-corrected chi connectivity index (χ1v) is 5.65. The van der Waals surface area contributed by atoms with Crippen LogP contribution in [-0.4, -0.2) is 4.98 Å². The summed E-state index contributed by atoms with van der Waals surface area (Å²) in [6.45, 7) is 2.19. The highest BCUT2D eigenvalue weighted by molar-refractivity contribution is 6.06. The van der Waals surface area contributed by atoms with Gasteiger partial charge >= 0.3 is 0 Å². The largest absolute Gasteiger partial charge is 0.256 e. The molecule has 0 aliphatic carbocycles. The fraction of sp³-hybridized carbons (Fsp3) is 0.133. The van der Waals surface area contributed by atoms with Crippen molar-refractivity contribution in [3.05, 3.63) is 54.2 Å². The summed E-state index contributed by atoms with van der Waals surface area (Å²) in [4.78, 5) is 4.52. The molecular weight excluding hydrogens is 194 g/mol. The maximum Gasteiger partial charge on any atom is 0.0783 e. The van der Waals surface area contributed by atoms with Gasteiger partial charge in [0.1, 0.15) is 0 Å². The van der Waals surface area contributed by atoms with E-state index in [4.69, 9.17) is 0 Å². The van der Waals surface area contributed by atoms with E-state index in [-0.39, 0.29) is 0 Å². The van der Waals surface area contributed by atoms with E-state index in [1.807, 2.05) is 12.3 Å². The maximum absolute atomic E-state index is 4.52. The van der Waals surface area contributed by atoms with Crippen molar-refractivity contribution in [2.45, 2.75) is 13.3 Å². The van der Waals surface area contributed by atoms with Crippen LogP contribution in [0, 0.1) is 0 Å². The minimum absolute atomic E-state index is 1.05. The van der Waals surface area contributed by atoms with Crippen molar-refractivity contribution in [3.63, 3.8) is 0 Å². The zero-order chi connectivity index (χ0) is 11.0. The molecule has 1 heterocycles. The maximum atomic E-state index is 4.52. The third-order valence-corrected chi connectivity index (χ3v) is 3.08. The predicted octanol–water partition coefficient (Wildman–Crippen LogP) is 3.95. The van der Waals surface area contributed by atoms with E-state index in [9.17, 15) is 0 Å². The van der Waals surface area contributed by atoms with Gasteiger partial charge in [-0.05, 0) is 23.4 Å². The summed E-state index contributed by atoms with van der Waals surface area (Å²) in [6.07, 6.45) is 2.92. The topological polar surface area (TPSA) is 12.9 Å². The molecule has 0 saturated carbocycles. The van der Waals surface area contributed by atoms with E-state index < -0.39 is 0 Å². The lowest BCUT2D eigenvalue weighted by Gasteiger charge is -2.07. The Labute approximate surface area is 94.7 Å². The van der Waals surface area contributed by atoms with Crippen LogP contribution >= 0.6 is 0 Å². The van der Waals surface area contributed by atoms with Crippen molar-refractivity contribution in [2.75, 3.05) is 0 Å². The summed E-state index contributed by atoms with van der Waals surface area (Å²) >= 11 is 0. The first-order valence-electron chi connectivity index (χ1n) is 5.65. The zero-order valence-electron chi connectivity index (χ0n) is 9.27. The lowest BCUT2D eigenvalue weighted by Crippen LogP contribution is -1.88. The second-order valence-electron chi connectivity index (χ2n) is 4.01. The average molecular weight is 207 g/mol. The molecule has 0 fully saturated rings. The molecule has 0 spiro atoms. The number of aryl methyl sites for hydroxylation is 1. The van der Waals surface area contributed by atoms with Gasteiger partial charge in [0.15, 0.2) is 0 Å². The smallest absolute Gasteiger partial charge is 0.0783 e. The molecule has 0 bridgehead atoms. The van der Waals surface area contributed by atoms with Crippen molar-refractivity contribution < 1.29 is 0 Å². The molecule has 0 atom stereocenters. The summed E-state index contributed by atoms with van der Waals surface area (Å²) < 4.78 is 0. The van der Waals surface area contributed by atoms with Crippen LogP contribution in [0.4, 0.5) is 0 Å². The molecule has 0 unspecified atom stereocenters. The van der Waals surface area contributed by atoms with E-state index in [0.717, 1.165) is 11.9 Å². The van der Waals surface area contributed by atoms with Gasteiger partial charge in [-0.25, -0.2) is 0 Å². The second kappa shape index (κ2) is 3.60. The number of pyridine rings is 1. The fourth-order valence-corrected chi connectivity index (χ4v) is 2.28. The van der Waals surface area contributed by atoms with Crippen molar-refractivity contribution in [2.24, 2.45) is 0 Å². The number of hydrogen-bond donors (Lipinski definition) is 0. The lowest BCUT2D eigenvalue weighted by molar-refractivity contribution is 1.16. The van der Waals surface area contributed by atoms with Gasteiger partial charge in [-0.2, -0.15) is 0 Å². The lowest BCUT2D eigenvalue weighted by atomic mass is 9.99. The molecular formula is C15H13N. The highest BCUT2D eigenvalue weighted by Gasteiger charge is 2.04. The predicted molar refractivity (Wildman–Crippen MR) is 68.6 cm³/mol. The van der Waals surface area contributed by atoms with E-state index in [1.54, 1.807) is 0 Å². The Morgan fingerprint density at radius 3 is 2.69 bits per heavy atom. The van der Waals surface area contributed by atoms with Crippen LogP contribution in [0.5, 0.6) is 0 Å². The molecule has 0 N–H and O–H groups in total. The van der Waals surface area contributed by atoms with Gasteiger partial charge in [0.05, 0.1) is 5.52 Å². The number of fused-ring (bicyclic) bond motifs is 3. The van der Waals surface area contributed by atoms with Gasteiger partial charge in [0.2, 0.25) is 0 Å². The number of rotatable bonds is 1. The van der Waals surface area contributed by atoms with Crippen molar-refractivity contribution in [1.82, 2.24) is 4.98 Å². The van der Waals surface area contributed by atoms with Crippen LogP contribution in [0.25, 0.3) is 21.7 Å². The molecule has 16 heavy (non-hydrogen) atoms. The van der Waals surface area contributed by atoms with E-state index in [0.29, 0.717) is 0 Å². The summed E-state index contributed by atoms with van der Waals surface area (Å²) in [6, 6.07) is 14.9. The molecule has 3 rings (SSSR count). The molecule has 1 heteroatoms. The van der Waals surface area contributed by atoms with Crippen LogP contribution in [0.2, 0.25) is 0 Å². The second-order valence-corrected chi connectivity index (χ2v) is 4.01. The van der Waals surface area contributed by atoms with Gasteiger partial charge in [-0.15, -0.1) is 0 Å². The van der Waals surface area contributed by atoms with Gasteiger partial charge in [-0.1, -0.05) is 43.3 Å². The summed E-state index contributed by atoms with van der Waals surface area (Å²) in [5.74, 6) is 0. The van der Waals surface area contributed by atoms with Gasteiger partial charge < -0.3 is 0 Å². The number of nitrogens with zero attached hydrogens (tertiary/aromatic N) is 1. The van der Waals surface area contributed by atoms with E-state index in [1.165, 1.54) is 21.7 Å². The Morgan fingerprint density at radius 1 is 1.00 bits per heavy atom. The number of hydrogen-bond acceptors (Lipinski definition) is 1. The van der Waals surface area contributed by atoms with E-state index in [2.05, 4.69) is 48.3 Å². The van der Waals surface area contributed by atoms with Crippen molar-refractivity contribution >= 4 is 21.7 Å². The molecule has 0 radical (unpaired) electrons. The quantitative estimate of drug-likeness (QED) is 0.550. The molecule has 1 nitrogen and oxygen atoms in total. The summed E-state index contributed by atoms with van der Waals surface area (Å²) in [5.41, 5.74) is 2.50. The van der Waals surface area contributed by atoms with Crippen LogP contribution < -0.4 is 0 Å². The Bertz CT molecular complexity index is 656. The SMILES string of the molecule is CCc1cc2ccccc2c2ncccc12. The average Bonchev–Trinajstić information content (AvgIpc) is 2.38. The summed E-state index contributed by atoms with van der Waals surface area (Å²) in [5, 5.41) is 3.81. The highest BCUT2D eigenvalue weighted by Crippen LogP contribution is 2.27. The molecule has 2 aromatic carbocycles. The van der Waals surface area contributed by atoms with Gasteiger partial charge in [-0.3, -0.25) is 4.98 Å². The molecule has 0 saturated heterocycles. The molecule has 0 amide bonds. The van der Waals surface area contributed by atoms with Crippen LogP contribution in [0.15, 0.2) is 48.7 Å². The van der Waals surface area contributed by atoms with Gasteiger partial charge in [0.25, 0.3) is 0 Å². The molecule has 78 valence electrons. The van der Waals surface area contributed by atoms with Crippen LogP contribution in [0.1, 0.15) is 12.5 Å². The van der Waals surface area contributed by atoms with Crippen molar-refractivity contribution in [1.29, 1.82) is 0 Å². The minimum atomic E-state index is 1.05. The Balaban J connectivity index is 2.57.